The van der Waals surface area contributed by atoms with Gasteiger partial charge in [-0.25, -0.2) is 4.39 Å². The average Bonchev–Trinajstić information content (AvgIpc) is 2.46. The summed E-state index contributed by atoms with van der Waals surface area (Å²) < 4.78 is 15.9. The van der Waals surface area contributed by atoms with E-state index in [4.69, 9.17) is 0 Å². The first-order valence-corrected chi connectivity index (χ1v) is 8.84. The molecule has 0 saturated carbocycles. The maximum atomic E-state index is 13.7. The number of halogens is 3. The van der Waals surface area contributed by atoms with E-state index in [-0.39, 0.29) is 11.9 Å². The number of nitrogens with one attached hydrogen (secondary N) is 1. The summed E-state index contributed by atoms with van der Waals surface area (Å²) >= 11 is 5.87. The van der Waals surface area contributed by atoms with Crippen molar-refractivity contribution in [3.05, 3.63) is 66.9 Å². The lowest BCUT2D eigenvalue weighted by Crippen LogP contribution is -2.25. The fourth-order valence-electron chi connectivity index (χ4n) is 2.33. The molecule has 0 saturated heterocycles. The molecular weight excluding hydrogens is 444 g/mol. The molecule has 2 aromatic rings. The van der Waals surface area contributed by atoms with Gasteiger partial charge in [-0.1, -0.05) is 28.9 Å². The van der Waals surface area contributed by atoms with Crippen molar-refractivity contribution in [2.24, 2.45) is 0 Å². The Balaban J connectivity index is 2.52. The monoisotopic (exact) mass is 461 g/mol. The molecule has 0 spiro atoms. The van der Waals surface area contributed by atoms with E-state index in [1.54, 1.807) is 6.07 Å². The SMILES string of the molecule is CCCNC(c1cc(F)ccc1C)c1cc(Br)ccc1I. The quantitative estimate of drug-likeness (QED) is 0.572. The van der Waals surface area contributed by atoms with Crippen LogP contribution in [0.5, 0.6) is 0 Å². The lowest BCUT2D eigenvalue weighted by molar-refractivity contribution is 0.581. The van der Waals surface area contributed by atoms with Crippen LogP contribution in [0.25, 0.3) is 0 Å². The Hall–Kier alpha value is -0.460. The van der Waals surface area contributed by atoms with E-state index >= 15 is 0 Å². The van der Waals surface area contributed by atoms with Crippen LogP contribution in [0, 0.1) is 16.3 Å². The van der Waals surface area contributed by atoms with Gasteiger partial charge < -0.3 is 5.32 Å². The van der Waals surface area contributed by atoms with Gasteiger partial charge in [-0.2, -0.15) is 0 Å². The number of hydrogen-bond donors (Lipinski definition) is 1. The van der Waals surface area contributed by atoms with Crippen LogP contribution >= 0.6 is 38.5 Å². The van der Waals surface area contributed by atoms with Crippen molar-refractivity contribution >= 4 is 38.5 Å². The molecule has 21 heavy (non-hydrogen) atoms. The molecule has 2 aromatic carbocycles. The molecule has 0 aliphatic rings. The maximum absolute atomic E-state index is 13.7. The van der Waals surface area contributed by atoms with Crippen LogP contribution in [0.4, 0.5) is 4.39 Å². The van der Waals surface area contributed by atoms with E-state index in [0.29, 0.717) is 0 Å². The summed E-state index contributed by atoms with van der Waals surface area (Å²) in [6.07, 6.45) is 1.04. The molecule has 1 nitrogen and oxygen atoms in total. The second-order valence-corrected chi connectivity index (χ2v) is 7.13. The first-order chi connectivity index (χ1) is 10.0. The molecule has 1 unspecified atom stereocenters. The zero-order valence-corrected chi connectivity index (χ0v) is 15.8. The summed E-state index contributed by atoms with van der Waals surface area (Å²) in [7, 11) is 0. The van der Waals surface area contributed by atoms with Gasteiger partial charge in [0, 0.05) is 8.04 Å². The Morgan fingerprint density at radius 2 is 1.95 bits per heavy atom. The van der Waals surface area contributed by atoms with Crippen molar-refractivity contribution in [1.82, 2.24) is 5.32 Å². The van der Waals surface area contributed by atoms with Gasteiger partial charge in [-0.3, -0.25) is 0 Å². The molecule has 1 N–H and O–H groups in total. The second kappa shape index (κ2) is 7.70. The molecule has 4 heteroatoms. The summed E-state index contributed by atoms with van der Waals surface area (Å²) in [5.74, 6) is -0.191. The molecule has 0 radical (unpaired) electrons. The largest absolute Gasteiger partial charge is 0.306 e. The number of benzene rings is 2. The van der Waals surface area contributed by atoms with Crippen LogP contribution in [0.3, 0.4) is 0 Å². The standard InChI is InChI=1S/C17H18BrFIN/c1-3-8-21-17(14-10-13(19)6-4-11(14)2)15-9-12(18)5-7-16(15)20/h4-7,9-10,17,21H,3,8H2,1-2H3. The third-order valence-electron chi connectivity index (χ3n) is 3.42. The number of aryl methyl sites for hydroxylation is 1. The van der Waals surface area contributed by atoms with Gasteiger partial charge in [-0.05, 0) is 89.5 Å². The molecule has 112 valence electrons. The molecule has 0 bridgehead atoms. The second-order valence-electron chi connectivity index (χ2n) is 5.05. The van der Waals surface area contributed by atoms with Crippen LogP contribution in [0.15, 0.2) is 40.9 Å². The van der Waals surface area contributed by atoms with E-state index in [0.717, 1.165) is 28.6 Å². The van der Waals surface area contributed by atoms with E-state index < -0.39 is 0 Å². The van der Waals surface area contributed by atoms with Gasteiger partial charge in [0.15, 0.2) is 0 Å². The van der Waals surface area contributed by atoms with Crippen LogP contribution in [0.2, 0.25) is 0 Å². The summed E-state index contributed by atoms with van der Waals surface area (Å²) in [4.78, 5) is 0. The molecule has 0 amide bonds. The molecule has 2 rings (SSSR count). The zero-order chi connectivity index (χ0) is 15.4. The molecule has 1 atom stereocenters. The lowest BCUT2D eigenvalue weighted by atomic mass is 9.94. The van der Waals surface area contributed by atoms with E-state index in [9.17, 15) is 4.39 Å². The molecule has 0 heterocycles. The predicted molar refractivity (Wildman–Crippen MR) is 98.1 cm³/mol. The minimum absolute atomic E-state index is 0.00468. The van der Waals surface area contributed by atoms with Crippen LogP contribution in [-0.4, -0.2) is 6.54 Å². The van der Waals surface area contributed by atoms with Gasteiger partial charge >= 0.3 is 0 Å². The molecule has 0 aliphatic carbocycles. The predicted octanol–water partition coefficient (Wildman–Crippen LogP) is 5.59. The van der Waals surface area contributed by atoms with Crippen molar-refractivity contribution in [3.8, 4) is 0 Å². The van der Waals surface area contributed by atoms with Gasteiger partial charge in [-0.15, -0.1) is 0 Å². The summed E-state index contributed by atoms with van der Waals surface area (Å²) in [5.41, 5.74) is 3.27. The molecule has 0 fully saturated rings. The minimum Gasteiger partial charge on any atom is -0.306 e. The lowest BCUT2D eigenvalue weighted by Gasteiger charge is -2.23. The summed E-state index contributed by atoms with van der Waals surface area (Å²) in [6.45, 7) is 5.05. The Morgan fingerprint density at radius 1 is 1.19 bits per heavy atom. The summed E-state index contributed by atoms with van der Waals surface area (Å²) in [6, 6.07) is 11.2. The van der Waals surface area contributed by atoms with Gasteiger partial charge in [0.2, 0.25) is 0 Å². The van der Waals surface area contributed by atoms with Crippen molar-refractivity contribution in [1.29, 1.82) is 0 Å². The van der Waals surface area contributed by atoms with Crippen molar-refractivity contribution in [2.45, 2.75) is 26.3 Å². The smallest absolute Gasteiger partial charge is 0.123 e. The Bertz CT molecular complexity index is 579. The number of hydrogen-bond acceptors (Lipinski definition) is 1. The molecular formula is C17H18BrFIN. The third kappa shape index (κ3) is 4.27. The maximum Gasteiger partial charge on any atom is 0.123 e. The highest BCUT2D eigenvalue weighted by Gasteiger charge is 2.19. The highest BCUT2D eigenvalue weighted by Crippen LogP contribution is 2.31. The Labute approximate surface area is 147 Å². The van der Waals surface area contributed by atoms with Crippen LogP contribution < -0.4 is 5.32 Å². The zero-order valence-electron chi connectivity index (χ0n) is 12.1. The van der Waals surface area contributed by atoms with E-state index in [1.165, 1.54) is 15.2 Å². The average molecular weight is 462 g/mol. The van der Waals surface area contributed by atoms with Crippen LogP contribution in [-0.2, 0) is 0 Å². The van der Waals surface area contributed by atoms with Crippen LogP contribution in [0.1, 0.15) is 36.1 Å². The first-order valence-electron chi connectivity index (χ1n) is 6.97. The van der Waals surface area contributed by atoms with Crippen molar-refractivity contribution < 1.29 is 4.39 Å². The topological polar surface area (TPSA) is 12.0 Å². The fraction of sp³-hybridized carbons (Fsp3) is 0.294. The van der Waals surface area contributed by atoms with Crippen molar-refractivity contribution in [2.75, 3.05) is 6.54 Å². The van der Waals surface area contributed by atoms with E-state index in [1.807, 2.05) is 19.1 Å². The normalized spacial score (nSPS) is 12.4. The highest BCUT2D eigenvalue weighted by molar-refractivity contribution is 14.1. The molecule has 0 aromatic heterocycles. The van der Waals surface area contributed by atoms with Gasteiger partial charge in [0.25, 0.3) is 0 Å². The minimum atomic E-state index is -0.191. The van der Waals surface area contributed by atoms with E-state index in [2.05, 4.69) is 62.9 Å². The summed E-state index contributed by atoms with van der Waals surface area (Å²) in [5, 5.41) is 3.55. The third-order valence-corrected chi connectivity index (χ3v) is 4.90. The van der Waals surface area contributed by atoms with Crippen molar-refractivity contribution in [3.63, 3.8) is 0 Å². The number of rotatable bonds is 5. The van der Waals surface area contributed by atoms with Gasteiger partial charge in [0.1, 0.15) is 5.82 Å². The first kappa shape index (κ1) is 16.9. The fourth-order valence-corrected chi connectivity index (χ4v) is 3.36. The Kier molecular flexibility index (Phi) is 6.20. The van der Waals surface area contributed by atoms with Gasteiger partial charge in [0.05, 0.1) is 6.04 Å². The highest BCUT2D eigenvalue weighted by atomic mass is 127. The molecule has 0 aliphatic heterocycles. The Morgan fingerprint density at radius 3 is 2.67 bits per heavy atom.